The van der Waals surface area contributed by atoms with Crippen molar-refractivity contribution in [3.63, 3.8) is 0 Å². The minimum atomic E-state index is 0.535. The van der Waals surface area contributed by atoms with Gasteiger partial charge in [0.15, 0.2) is 0 Å². The maximum atomic E-state index is 2.77. The van der Waals surface area contributed by atoms with Crippen LogP contribution in [0, 0.1) is 23.2 Å². The summed E-state index contributed by atoms with van der Waals surface area (Å²) in [5.41, 5.74) is 6.56. The number of hydrogen-bond donors (Lipinski definition) is 0. The van der Waals surface area contributed by atoms with E-state index < -0.39 is 0 Å². The van der Waals surface area contributed by atoms with Crippen molar-refractivity contribution in [1.29, 1.82) is 0 Å². The molecule has 150 valence electrons. The zero-order valence-corrected chi connectivity index (χ0v) is 17.7. The fourth-order valence-electron chi connectivity index (χ4n) is 8.42. The number of hydrogen-bond acceptors (Lipinski definition) is 0. The summed E-state index contributed by atoms with van der Waals surface area (Å²) in [6, 6.07) is 0. The molecule has 5 rings (SSSR count). The summed E-state index contributed by atoms with van der Waals surface area (Å²) in [7, 11) is 0. The first kappa shape index (κ1) is 18.5. The van der Waals surface area contributed by atoms with E-state index in [1.165, 1.54) is 103 Å². The van der Waals surface area contributed by atoms with Crippen molar-refractivity contribution in [2.45, 2.75) is 122 Å². The van der Waals surface area contributed by atoms with Crippen LogP contribution in [0.3, 0.4) is 0 Å². The van der Waals surface area contributed by atoms with Gasteiger partial charge in [-0.05, 0) is 88.4 Å². The van der Waals surface area contributed by atoms with E-state index in [4.69, 9.17) is 0 Å². The molecule has 0 N–H and O–H groups in total. The van der Waals surface area contributed by atoms with E-state index in [-0.39, 0.29) is 0 Å². The lowest BCUT2D eigenvalue weighted by molar-refractivity contribution is 0.0596. The second-order valence-electron chi connectivity index (χ2n) is 10.7. The molecule has 0 saturated heterocycles. The maximum absolute atomic E-state index is 2.77. The summed E-state index contributed by atoms with van der Waals surface area (Å²) in [5.74, 6) is 3.04. The maximum Gasteiger partial charge on any atom is 0.0154 e. The Hall–Kier alpha value is -0.520. The van der Waals surface area contributed by atoms with Gasteiger partial charge in [-0.2, -0.15) is 0 Å². The van der Waals surface area contributed by atoms with Crippen LogP contribution >= 0.6 is 0 Å². The molecule has 0 aliphatic heterocycles. The smallest absolute Gasteiger partial charge is 0.0154 e. The van der Waals surface area contributed by atoms with Crippen molar-refractivity contribution in [1.82, 2.24) is 0 Å². The third kappa shape index (κ3) is 3.28. The molecule has 0 bridgehead atoms. The fraction of sp³-hybridized carbons (Fsp3) is 0.852. The zero-order chi connectivity index (χ0) is 18.1. The van der Waals surface area contributed by atoms with E-state index in [0.29, 0.717) is 5.41 Å². The topological polar surface area (TPSA) is 0 Å². The highest BCUT2D eigenvalue weighted by molar-refractivity contribution is 5.40. The number of fused-ring (bicyclic) bond motifs is 1. The lowest BCUT2D eigenvalue weighted by Crippen LogP contribution is -2.44. The first-order chi connectivity index (χ1) is 13.4. The van der Waals surface area contributed by atoms with Crippen LogP contribution in [0.5, 0.6) is 0 Å². The molecule has 0 radical (unpaired) electrons. The van der Waals surface area contributed by atoms with E-state index in [1.807, 2.05) is 11.1 Å². The van der Waals surface area contributed by atoms with Gasteiger partial charge in [0.2, 0.25) is 0 Å². The summed E-state index contributed by atoms with van der Waals surface area (Å²) in [6.07, 6.45) is 31.1. The van der Waals surface area contributed by atoms with Crippen molar-refractivity contribution in [2.75, 3.05) is 0 Å². The molecule has 5 aliphatic carbocycles. The molecule has 3 unspecified atom stereocenters. The van der Waals surface area contributed by atoms with Crippen molar-refractivity contribution in [3.8, 4) is 0 Å². The van der Waals surface area contributed by atoms with E-state index >= 15 is 0 Å². The normalized spacial score (nSPS) is 38.6. The summed E-state index contributed by atoms with van der Waals surface area (Å²) < 4.78 is 0. The Morgan fingerprint density at radius 2 is 1.48 bits per heavy atom. The van der Waals surface area contributed by atoms with Crippen LogP contribution in [0.1, 0.15) is 122 Å². The van der Waals surface area contributed by atoms with Crippen LogP contribution in [0.2, 0.25) is 0 Å². The standard InChI is InChI=1S/C27H42/c1-3-11-21(12-4-1)24-17-9-19-26(24)27(23-15-5-2-6-16-23)20-10-14-22-13-7-8-18-25(22)27/h15,21-22,25H,1-14,16-20H2. The van der Waals surface area contributed by atoms with E-state index in [0.717, 1.165) is 17.8 Å². The molecule has 0 spiro atoms. The van der Waals surface area contributed by atoms with Gasteiger partial charge in [-0.15, -0.1) is 0 Å². The van der Waals surface area contributed by atoms with Crippen molar-refractivity contribution in [3.05, 3.63) is 22.8 Å². The van der Waals surface area contributed by atoms with Crippen LogP contribution in [-0.2, 0) is 0 Å². The molecule has 3 atom stereocenters. The van der Waals surface area contributed by atoms with Crippen LogP contribution in [0.15, 0.2) is 22.8 Å². The molecule has 3 fully saturated rings. The molecule has 27 heavy (non-hydrogen) atoms. The van der Waals surface area contributed by atoms with Crippen LogP contribution < -0.4 is 0 Å². The molecular formula is C27H42. The molecule has 0 aromatic heterocycles. The predicted octanol–water partition coefficient (Wildman–Crippen LogP) is 8.52. The summed E-state index contributed by atoms with van der Waals surface area (Å²) >= 11 is 0. The SMILES string of the molecule is C1=C(C2(C3=C(C4CCCCC4)CCC3)CCCC3CCCCC32)CCCC1. The number of rotatable bonds is 3. The lowest BCUT2D eigenvalue weighted by Gasteiger charge is -2.54. The first-order valence-electron chi connectivity index (χ1n) is 12.8. The average Bonchev–Trinajstić information content (AvgIpc) is 3.25. The van der Waals surface area contributed by atoms with Gasteiger partial charge in [0, 0.05) is 5.41 Å². The van der Waals surface area contributed by atoms with Crippen molar-refractivity contribution >= 4 is 0 Å². The third-order valence-corrected chi connectivity index (χ3v) is 9.45. The Labute approximate surface area is 168 Å². The highest BCUT2D eigenvalue weighted by Gasteiger charge is 2.51. The van der Waals surface area contributed by atoms with E-state index in [1.54, 1.807) is 19.3 Å². The van der Waals surface area contributed by atoms with Gasteiger partial charge in [0.25, 0.3) is 0 Å². The van der Waals surface area contributed by atoms with Crippen molar-refractivity contribution < 1.29 is 0 Å². The monoisotopic (exact) mass is 366 g/mol. The Kier molecular flexibility index (Phi) is 5.54. The van der Waals surface area contributed by atoms with Gasteiger partial charge in [0.1, 0.15) is 0 Å². The van der Waals surface area contributed by atoms with Crippen LogP contribution in [-0.4, -0.2) is 0 Å². The summed E-state index contributed by atoms with van der Waals surface area (Å²) in [5, 5.41) is 0. The van der Waals surface area contributed by atoms with E-state index in [9.17, 15) is 0 Å². The highest BCUT2D eigenvalue weighted by Crippen LogP contribution is 2.63. The van der Waals surface area contributed by atoms with Gasteiger partial charge in [-0.25, -0.2) is 0 Å². The molecule has 5 aliphatic rings. The molecule has 0 aromatic carbocycles. The van der Waals surface area contributed by atoms with E-state index in [2.05, 4.69) is 11.6 Å². The fourth-order valence-corrected chi connectivity index (χ4v) is 8.42. The van der Waals surface area contributed by atoms with Gasteiger partial charge in [-0.3, -0.25) is 0 Å². The van der Waals surface area contributed by atoms with Gasteiger partial charge in [0.05, 0.1) is 0 Å². The predicted molar refractivity (Wildman–Crippen MR) is 116 cm³/mol. The molecule has 3 saturated carbocycles. The number of allylic oxidation sites excluding steroid dienone is 4. The zero-order valence-electron chi connectivity index (χ0n) is 17.7. The third-order valence-electron chi connectivity index (χ3n) is 9.45. The minimum Gasteiger partial charge on any atom is -0.0844 e. The van der Waals surface area contributed by atoms with Crippen LogP contribution in [0.25, 0.3) is 0 Å². The quantitative estimate of drug-likeness (QED) is 0.439. The molecule has 0 nitrogen and oxygen atoms in total. The van der Waals surface area contributed by atoms with Crippen molar-refractivity contribution in [2.24, 2.45) is 23.2 Å². The Morgan fingerprint density at radius 3 is 2.33 bits per heavy atom. The van der Waals surface area contributed by atoms with Crippen LogP contribution in [0.4, 0.5) is 0 Å². The second-order valence-corrected chi connectivity index (χ2v) is 10.7. The summed E-state index contributed by atoms with van der Waals surface area (Å²) in [6.45, 7) is 0. The molecule has 0 amide bonds. The summed E-state index contributed by atoms with van der Waals surface area (Å²) in [4.78, 5) is 0. The Morgan fingerprint density at radius 1 is 0.667 bits per heavy atom. The van der Waals surface area contributed by atoms with Gasteiger partial charge in [-0.1, -0.05) is 74.2 Å². The minimum absolute atomic E-state index is 0.535. The first-order valence-corrected chi connectivity index (χ1v) is 12.8. The Bertz CT molecular complexity index is 585. The Balaban J connectivity index is 1.60. The molecule has 0 aromatic rings. The lowest BCUT2D eigenvalue weighted by atomic mass is 9.50. The molecule has 0 heterocycles. The van der Waals surface area contributed by atoms with Gasteiger partial charge >= 0.3 is 0 Å². The average molecular weight is 367 g/mol. The van der Waals surface area contributed by atoms with Gasteiger partial charge < -0.3 is 0 Å². The molecular weight excluding hydrogens is 324 g/mol. The largest absolute Gasteiger partial charge is 0.0844 e. The molecule has 0 heteroatoms. The highest BCUT2D eigenvalue weighted by atomic mass is 14.6. The second kappa shape index (κ2) is 8.08.